The molecule has 2 aromatic rings. The minimum Gasteiger partial charge on any atom is -0.398 e. The molecule has 0 saturated carbocycles. The van der Waals surface area contributed by atoms with Crippen LogP contribution in [0.3, 0.4) is 0 Å². The van der Waals surface area contributed by atoms with E-state index in [2.05, 4.69) is 11.0 Å². The Morgan fingerprint density at radius 2 is 1.97 bits per heavy atom. The lowest BCUT2D eigenvalue weighted by molar-refractivity contribution is -0.134. The third-order valence-corrected chi connectivity index (χ3v) is 4.98. The number of hydrazine groups is 2. The summed E-state index contributed by atoms with van der Waals surface area (Å²) < 4.78 is 5.31. The Hall–Kier alpha value is -3.36. The Bertz CT molecular complexity index is 958. The topological polar surface area (TPSA) is 107 Å². The molecule has 29 heavy (non-hydrogen) atoms. The SMILES string of the molecule is N=C(C1=CN(c2cccc(CC(=O)N3CCOCC3)c2)NN1)c1ccccc1N.[HH]. The molecule has 0 bridgehead atoms. The molecule has 2 heterocycles. The van der Waals surface area contributed by atoms with Crippen LogP contribution in [0.15, 0.2) is 60.4 Å². The first-order chi connectivity index (χ1) is 14.1. The zero-order valence-electron chi connectivity index (χ0n) is 16.0. The Morgan fingerprint density at radius 3 is 2.76 bits per heavy atom. The van der Waals surface area contributed by atoms with Gasteiger partial charge in [-0.15, -0.1) is 5.53 Å². The van der Waals surface area contributed by atoms with Gasteiger partial charge < -0.3 is 15.4 Å². The summed E-state index contributed by atoms with van der Waals surface area (Å²) in [5.74, 6) is 0.107. The molecule has 8 nitrogen and oxygen atoms in total. The predicted molar refractivity (Wildman–Crippen MR) is 114 cm³/mol. The molecule has 2 aromatic carbocycles. The van der Waals surface area contributed by atoms with Crippen LogP contribution in [-0.2, 0) is 16.0 Å². The highest BCUT2D eigenvalue weighted by molar-refractivity contribution is 6.13. The maximum Gasteiger partial charge on any atom is 0.227 e. The van der Waals surface area contributed by atoms with Gasteiger partial charge in [-0.25, -0.2) is 0 Å². The number of benzene rings is 2. The van der Waals surface area contributed by atoms with E-state index in [-0.39, 0.29) is 7.33 Å². The van der Waals surface area contributed by atoms with Crippen molar-refractivity contribution in [1.29, 1.82) is 5.41 Å². The van der Waals surface area contributed by atoms with Gasteiger partial charge in [0.25, 0.3) is 0 Å². The number of anilines is 2. The number of amides is 1. The summed E-state index contributed by atoms with van der Waals surface area (Å²) in [5.41, 5.74) is 16.0. The number of rotatable bonds is 5. The van der Waals surface area contributed by atoms with Crippen LogP contribution in [0.2, 0.25) is 0 Å². The molecule has 0 atom stereocenters. The summed E-state index contributed by atoms with van der Waals surface area (Å²) in [4.78, 5) is 14.3. The van der Waals surface area contributed by atoms with Crippen molar-refractivity contribution in [3.05, 3.63) is 71.6 Å². The zero-order valence-corrected chi connectivity index (χ0v) is 16.0. The van der Waals surface area contributed by atoms with Crippen molar-refractivity contribution in [3.63, 3.8) is 0 Å². The highest BCUT2D eigenvalue weighted by Gasteiger charge is 2.20. The highest BCUT2D eigenvalue weighted by Crippen LogP contribution is 2.21. The summed E-state index contributed by atoms with van der Waals surface area (Å²) in [6, 6.07) is 15.1. The molecule has 8 heteroatoms. The van der Waals surface area contributed by atoms with E-state index >= 15 is 0 Å². The molecule has 152 valence electrons. The van der Waals surface area contributed by atoms with Crippen molar-refractivity contribution in [1.82, 2.24) is 15.9 Å². The first-order valence-corrected chi connectivity index (χ1v) is 9.53. The molecular formula is C21H26N6O2. The van der Waals surface area contributed by atoms with Gasteiger partial charge in [-0.1, -0.05) is 30.3 Å². The second-order valence-corrected chi connectivity index (χ2v) is 6.95. The maximum absolute atomic E-state index is 12.5. The fourth-order valence-electron chi connectivity index (χ4n) is 3.37. The second-order valence-electron chi connectivity index (χ2n) is 6.95. The van der Waals surface area contributed by atoms with Gasteiger partial charge in [-0.3, -0.25) is 20.6 Å². The molecule has 0 spiro atoms. The van der Waals surface area contributed by atoms with E-state index in [1.165, 1.54) is 0 Å². The van der Waals surface area contributed by atoms with Crippen molar-refractivity contribution in [3.8, 4) is 0 Å². The standard InChI is InChI=1S/C21H24N6O2.H2/c22-18-7-2-1-6-17(18)21(23)19-14-27(25-24-19)16-5-3-4-15(12-16)13-20(28)26-8-10-29-11-9-26;/h1-7,12,14,23-25H,8-11,13,22H2;1H. The van der Waals surface area contributed by atoms with E-state index in [0.717, 1.165) is 11.3 Å². The lowest BCUT2D eigenvalue weighted by Crippen LogP contribution is -2.41. The number of nitrogens with zero attached hydrogens (tertiary/aromatic N) is 2. The average molecular weight is 394 g/mol. The summed E-state index contributed by atoms with van der Waals surface area (Å²) >= 11 is 0. The van der Waals surface area contributed by atoms with Crippen molar-refractivity contribution in [2.24, 2.45) is 0 Å². The van der Waals surface area contributed by atoms with Crippen molar-refractivity contribution >= 4 is 23.0 Å². The number of allylic oxidation sites excluding steroid dienone is 1. The normalized spacial score (nSPS) is 16.3. The molecule has 5 N–H and O–H groups in total. The molecule has 0 aromatic heterocycles. The van der Waals surface area contributed by atoms with Gasteiger partial charge in [0.2, 0.25) is 5.91 Å². The minimum atomic E-state index is 0. The Kier molecular flexibility index (Phi) is 5.46. The number of carbonyl (C=O) groups excluding carboxylic acids is 1. The molecule has 0 unspecified atom stereocenters. The van der Waals surface area contributed by atoms with E-state index in [1.54, 1.807) is 17.3 Å². The Labute approximate surface area is 170 Å². The monoisotopic (exact) mass is 394 g/mol. The summed E-state index contributed by atoms with van der Waals surface area (Å²) in [6.07, 6.45) is 2.15. The molecule has 0 aliphatic carbocycles. The molecule has 1 amide bonds. The summed E-state index contributed by atoms with van der Waals surface area (Å²) in [6.45, 7) is 2.49. The second kappa shape index (κ2) is 8.34. The number of carbonyl (C=O) groups is 1. The van der Waals surface area contributed by atoms with E-state index in [1.807, 2.05) is 47.4 Å². The number of ether oxygens (including phenoxy) is 1. The van der Waals surface area contributed by atoms with Gasteiger partial charge in [0.15, 0.2) is 0 Å². The van der Waals surface area contributed by atoms with Crippen LogP contribution in [0, 0.1) is 5.41 Å². The molecular weight excluding hydrogens is 368 g/mol. The van der Waals surface area contributed by atoms with Gasteiger partial charge in [0.1, 0.15) is 0 Å². The summed E-state index contributed by atoms with van der Waals surface area (Å²) in [7, 11) is 0. The average Bonchev–Trinajstić information content (AvgIpc) is 3.25. The number of para-hydroxylation sites is 1. The third kappa shape index (κ3) is 4.23. The predicted octanol–water partition coefficient (Wildman–Crippen LogP) is 1.65. The highest BCUT2D eigenvalue weighted by atomic mass is 16.5. The number of nitrogens with one attached hydrogen (secondary N) is 3. The largest absolute Gasteiger partial charge is 0.398 e. The van der Waals surface area contributed by atoms with Crippen LogP contribution < -0.4 is 21.7 Å². The van der Waals surface area contributed by atoms with Crippen molar-refractivity contribution in [2.45, 2.75) is 6.42 Å². The number of hydrogen-bond acceptors (Lipinski definition) is 7. The number of nitrogens with two attached hydrogens (primary N) is 1. The summed E-state index contributed by atoms with van der Waals surface area (Å²) in [5, 5.41) is 10.2. The fraction of sp³-hybridized carbons (Fsp3) is 0.238. The molecule has 2 aliphatic rings. The van der Waals surface area contributed by atoms with Gasteiger partial charge >= 0.3 is 0 Å². The number of hydrogen-bond donors (Lipinski definition) is 4. The maximum atomic E-state index is 12.5. The van der Waals surface area contributed by atoms with Crippen LogP contribution in [0.1, 0.15) is 12.6 Å². The van der Waals surface area contributed by atoms with Gasteiger partial charge in [0, 0.05) is 25.8 Å². The minimum absolute atomic E-state index is 0. The van der Waals surface area contributed by atoms with E-state index in [0.29, 0.717) is 55.4 Å². The van der Waals surface area contributed by atoms with Crippen LogP contribution in [-0.4, -0.2) is 42.8 Å². The van der Waals surface area contributed by atoms with Crippen LogP contribution in [0.25, 0.3) is 0 Å². The first-order valence-electron chi connectivity index (χ1n) is 9.53. The van der Waals surface area contributed by atoms with Crippen LogP contribution >= 0.6 is 0 Å². The lowest BCUT2D eigenvalue weighted by Gasteiger charge is -2.27. The molecule has 1 saturated heterocycles. The number of nitrogen functional groups attached to an aromatic ring is 1. The number of morpholine rings is 1. The van der Waals surface area contributed by atoms with Crippen LogP contribution in [0.4, 0.5) is 11.4 Å². The third-order valence-electron chi connectivity index (χ3n) is 4.98. The van der Waals surface area contributed by atoms with E-state index < -0.39 is 0 Å². The first kappa shape index (κ1) is 19.0. The van der Waals surface area contributed by atoms with Crippen molar-refractivity contribution in [2.75, 3.05) is 37.0 Å². The zero-order chi connectivity index (χ0) is 20.2. The van der Waals surface area contributed by atoms with E-state index in [9.17, 15) is 4.79 Å². The fourth-order valence-corrected chi connectivity index (χ4v) is 3.37. The Morgan fingerprint density at radius 1 is 1.17 bits per heavy atom. The smallest absolute Gasteiger partial charge is 0.227 e. The molecule has 4 rings (SSSR count). The van der Waals surface area contributed by atoms with Gasteiger partial charge in [-0.2, -0.15) is 0 Å². The van der Waals surface area contributed by atoms with Gasteiger partial charge in [-0.05, 0) is 23.8 Å². The van der Waals surface area contributed by atoms with Gasteiger partial charge in [0.05, 0.1) is 42.9 Å². The quantitative estimate of drug-likeness (QED) is 0.454. The molecule has 0 radical (unpaired) electrons. The van der Waals surface area contributed by atoms with E-state index in [4.69, 9.17) is 15.9 Å². The Balaban J connectivity index is 0.00000256. The lowest BCUT2D eigenvalue weighted by atomic mass is 10.1. The molecule has 2 aliphatic heterocycles. The van der Waals surface area contributed by atoms with Crippen molar-refractivity contribution < 1.29 is 11.0 Å². The van der Waals surface area contributed by atoms with Crippen LogP contribution in [0.5, 0.6) is 0 Å². The molecule has 1 fully saturated rings.